The summed E-state index contributed by atoms with van der Waals surface area (Å²) < 4.78 is 0. The van der Waals surface area contributed by atoms with Gasteiger partial charge in [-0.2, -0.15) is 0 Å². The second-order valence-corrected chi connectivity index (χ2v) is 8.43. The lowest BCUT2D eigenvalue weighted by atomic mass is 10.0. The maximum Gasteiger partial charge on any atom is 0.185 e. The highest BCUT2D eigenvalue weighted by molar-refractivity contribution is 6.72. The molecule has 21 heavy (non-hydrogen) atoms. The van der Waals surface area contributed by atoms with E-state index in [-0.39, 0.29) is 5.78 Å². The highest BCUT2D eigenvalue weighted by atomic mass is 28.3. The predicted octanol–water partition coefficient (Wildman–Crippen LogP) is 4.20. The molecule has 0 unspecified atom stereocenters. The Morgan fingerprint density at radius 2 is 1.76 bits per heavy atom. The molecule has 0 aromatic heterocycles. The fourth-order valence-corrected chi connectivity index (χ4v) is 3.76. The van der Waals surface area contributed by atoms with Crippen LogP contribution in [-0.4, -0.2) is 14.6 Å². The molecule has 1 nitrogen and oxygen atoms in total. The van der Waals surface area contributed by atoms with Crippen molar-refractivity contribution in [2.45, 2.75) is 26.4 Å². The smallest absolute Gasteiger partial charge is 0.185 e. The summed E-state index contributed by atoms with van der Waals surface area (Å²) in [6.45, 7) is 6.58. The van der Waals surface area contributed by atoms with Gasteiger partial charge in [0.15, 0.2) is 5.78 Å². The van der Waals surface area contributed by atoms with Crippen LogP contribution in [0.5, 0.6) is 0 Å². The molecule has 0 N–H and O–H groups in total. The average Bonchev–Trinajstić information content (AvgIpc) is 2.52. The molecule has 0 radical (unpaired) electrons. The molecule has 2 aromatic carbocycles. The molecule has 0 spiro atoms. The van der Waals surface area contributed by atoms with Crippen LogP contribution in [0.15, 0.2) is 60.7 Å². The summed E-state index contributed by atoms with van der Waals surface area (Å²) in [5.41, 5.74) is 3.28. The van der Waals surface area contributed by atoms with Crippen LogP contribution in [0.2, 0.25) is 13.1 Å². The zero-order chi connectivity index (χ0) is 15.2. The van der Waals surface area contributed by atoms with Gasteiger partial charge in [-0.1, -0.05) is 79.8 Å². The molecule has 0 fully saturated rings. The number of hydrogen-bond acceptors (Lipinski definition) is 1. The Morgan fingerprint density at radius 1 is 1.05 bits per heavy atom. The van der Waals surface area contributed by atoms with E-state index in [1.54, 1.807) is 6.08 Å². The monoisotopic (exact) mass is 294 g/mol. The Balaban J connectivity index is 2.45. The number of carbonyl (C=O) groups is 1. The average molecular weight is 294 g/mol. The molecule has 2 aromatic rings. The molecule has 0 bridgehead atoms. The fraction of sp³-hybridized carbons (Fsp3) is 0.211. The van der Waals surface area contributed by atoms with Gasteiger partial charge in [-0.3, -0.25) is 4.79 Å². The fourth-order valence-electron chi connectivity index (χ4n) is 2.39. The lowest BCUT2D eigenvalue weighted by Gasteiger charge is -2.12. The SMILES string of the molecule is CC/C=C/C(=O)c1ccc(-c2ccccc2)cc1[SiH](C)C. The van der Waals surface area contributed by atoms with Crippen molar-refractivity contribution in [2.24, 2.45) is 0 Å². The standard InChI is InChI=1S/C19H22OSi/c1-4-5-11-18(20)17-13-12-16(14-19(17)21(2)3)15-9-7-6-8-10-15/h5-14,21H,4H2,1-3H3/b11-5+. The van der Waals surface area contributed by atoms with Crippen molar-refractivity contribution in [3.8, 4) is 11.1 Å². The maximum atomic E-state index is 12.3. The van der Waals surface area contributed by atoms with Crippen molar-refractivity contribution >= 4 is 19.8 Å². The normalized spacial score (nSPS) is 11.2. The van der Waals surface area contributed by atoms with Crippen molar-refractivity contribution in [1.82, 2.24) is 0 Å². The molecular weight excluding hydrogens is 272 g/mol. The second kappa shape index (κ2) is 7.18. The van der Waals surface area contributed by atoms with Crippen molar-refractivity contribution < 1.29 is 4.79 Å². The van der Waals surface area contributed by atoms with Gasteiger partial charge in [0.05, 0.1) is 8.80 Å². The number of allylic oxidation sites excluding steroid dienone is 2. The zero-order valence-electron chi connectivity index (χ0n) is 13.0. The molecular formula is C19H22OSi. The van der Waals surface area contributed by atoms with E-state index in [2.05, 4.69) is 37.4 Å². The molecule has 0 saturated heterocycles. The molecule has 0 atom stereocenters. The third-order valence-electron chi connectivity index (χ3n) is 3.55. The van der Waals surface area contributed by atoms with Gasteiger partial charge in [-0.15, -0.1) is 0 Å². The van der Waals surface area contributed by atoms with Crippen LogP contribution in [0, 0.1) is 0 Å². The van der Waals surface area contributed by atoms with Crippen molar-refractivity contribution in [3.05, 3.63) is 66.2 Å². The molecule has 0 saturated carbocycles. The topological polar surface area (TPSA) is 17.1 Å². The minimum Gasteiger partial charge on any atom is -0.289 e. The Bertz CT molecular complexity index is 642. The van der Waals surface area contributed by atoms with E-state index < -0.39 is 8.80 Å². The summed E-state index contributed by atoms with van der Waals surface area (Å²) >= 11 is 0. The van der Waals surface area contributed by atoms with Gasteiger partial charge in [-0.05, 0) is 23.6 Å². The van der Waals surface area contributed by atoms with Crippen LogP contribution >= 0.6 is 0 Å². The van der Waals surface area contributed by atoms with Crippen LogP contribution < -0.4 is 5.19 Å². The highest BCUT2D eigenvalue weighted by Crippen LogP contribution is 2.19. The number of hydrogen-bond donors (Lipinski definition) is 0. The van der Waals surface area contributed by atoms with Crippen molar-refractivity contribution in [3.63, 3.8) is 0 Å². The van der Waals surface area contributed by atoms with Crippen LogP contribution in [0.3, 0.4) is 0 Å². The van der Waals surface area contributed by atoms with Gasteiger partial charge >= 0.3 is 0 Å². The number of benzene rings is 2. The summed E-state index contributed by atoms with van der Waals surface area (Å²) in [6, 6.07) is 16.6. The van der Waals surface area contributed by atoms with Crippen LogP contribution in [0.4, 0.5) is 0 Å². The van der Waals surface area contributed by atoms with Crippen LogP contribution in [-0.2, 0) is 0 Å². The number of rotatable bonds is 5. The first-order valence-electron chi connectivity index (χ1n) is 7.53. The van der Waals surface area contributed by atoms with Gasteiger partial charge in [0.2, 0.25) is 0 Å². The predicted molar refractivity (Wildman–Crippen MR) is 94.2 cm³/mol. The number of ketones is 1. The molecule has 0 heterocycles. The first-order chi connectivity index (χ1) is 10.1. The summed E-state index contributed by atoms with van der Waals surface area (Å²) in [5.74, 6) is 0.132. The first-order valence-corrected chi connectivity index (χ1v) is 10.4. The Kier molecular flexibility index (Phi) is 5.29. The van der Waals surface area contributed by atoms with E-state index in [1.165, 1.54) is 16.3 Å². The van der Waals surface area contributed by atoms with Crippen LogP contribution in [0.25, 0.3) is 11.1 Å². The zero-order valence-corrected chi connectivity index (χ0v) is 14.1. The third-order valence-corrected chi connectivity index (χ3v) is 5.27. The van der Waals surface area contributed by atoms with E-state index in [0.717, 1.165) is 12.0 Å². The van der Waals surface area contributed by atoms with Crippen molar-refractivity contribution in [1.29, 1.82) is 0 Å². The molecule has 0 aliphatic heterocycles. The lowest BCUT2D eigenvalue weighted by molar-refractivity contribution is 0.104. The maximum absolute atomic E-state index is 12.3. The van der Waals surface area contributed by atoms with Gasteiger partial charge in [0, 0.05) is 5.56 Å². The summed E-state index contributed by atoms with van der Waals surface area (Å²) in [6.07, 6.45) is 4.53. The summed E-state index contributed by atoms with van der Waals surface area (Å²) in [5, 5.41) is 1.25. The van der Waals surface area contributed by atoms with E-state index in [1.807, 2.05) is 37.3 Å². The molecule has 0 amide bonds. The molecule has 108 valence electrons. The second-order valence-electron chi connectivity index (χ2n) is 5.50. The number of carbonyl (C=O) groups excluding carboxylic acids is 1. The van der Waals surface area contributed by atoms with Gasteiger partial charge in [0.25, 0.3) is 0 Å². The molecule has 2 rings (SSSR count). The Labute approximate surface area is 128 Å². The van der Waals surface area contributed by atoms with Gasteiger partial charge in [-0.25, -0.2) is 0 Å². The van der Waals surface area contributed by atoms with E-state index in [9.17, 15) is 4.79 Å². The molecule has 0 aliphatic carbocycles. The largest absolute Gasteiger partial charge is 0.289 e. The first kappa shape index (κ1) is 15.5. The quantitative estimate of drug-likeness (QED) is 0.459. The minimum absolute atomic E-state index is 0.132. The van der Waals surface area contributed by atoms with Gasteiger partial charge in [0.1, 0.15) is 0 Å². The van der Waals surface area contributed by atoms with Gasteiger partial charge < -0.3 is 0 Å². The highest BCUT2D eigenvalue weighted by Gasteiger charge is 2.13. The third kappa shape index (κ3) is 3.79. The minimum atomic E-state index is -1.06. The summed E-state index contributed by atoms with van der Waals surface area (Å²) in [4.78, 5) is 12.3. The van der Waals surface area contributed by atoms with Crippen LogP contribution in [0.1, 0.15) is 23.7 Å². The Hall–Kier alpha value is -1.93. The lowest BCUT2D eigenvalue weighted by Crippen LogP contribution is -2.28. The van der Waals surface area contributed by atoms with E-state index >= 15 is 0 Å². The van der Waals surface area contributed by atoms with E-state index in [0.29, 0.717) is 0 Å². The molecule has 0 aliphatic rings. The summed E-state index contributed by atoms with van der Waals surface area (Å²) in [7, 11) is -1.06. The molecule has 2 heteroatoms. The van der Waals surface area contributed by atoms with Crippen molar-refractivity contribution in [2.75, 3.05) is 0 Å². The Morgan fingerprint density at radius 3 is 2.38 bits per heavy atom. The van der Waals surface area contributed by atoms with E-state index in [4.69, 9.17) is 0 Å².